The van der Waals surface area contributed by atoms with Crippen molar-refractivity contribution in [1.82, 2.24) is 29.7 Å². The van der Waals surface area contributed by atoms with Crippen LogP contribution < -0.4 is 10.2 Å². The standard InChI is InChI=1S/C25H33N7O/c1-18(2)24-27-19(3)16-21(28-24)32-14-12-31(13-15-32)17-22(33)29-23(20-8-6-5-7-9-20)25-26-10-11-30(25)4/h5-11,16,18,23H,12-15,17H2,1-4H3,(H,29,33)/t23-/m0/s1. The van der Waals surface area contributed by atoms with Crippen LogP contribution in [0, 0.1) is 6.92 Å². The smallest absolute Gasteiger partial charge is 0.235 e. The van der Waals surface area contributed by atoms with Crippen LogP contribution in [0.2, 0.25) is 0 Å². The van der Waals surface area contributed by atoms with E-state index in [2.05, 4.69) is 38.9 Å². The van der Waals surface area contributed by atoms with E-state index < -0.39 is 0 Å². The minimum Gasteiger partial charge on any atom is -0.354 e. The number of amides is 1. The van der Waals surface area contributed by atoms with Crippen LogP contribution in [0.4, 0.5) is 5.82 Å². The highest BCUT2D eigenvalue weighted by atomic mass is 16.2. The fraction of sp³-hybridized carbons (Fsp3) is 0.440. The summed E-state index contributed by atoms with van der Waals surface area (Å²) in [7, 11) is 1.95. The number of rotatable bonds is 7. The van der Waals surface area contributed by atoms with Crippen LogP contribution in [0.25, 0.3) is 0 Å². The number of aromatic nitrogens is 4. The summed E-state index contributed by atoms with van der Waals surface area (Å²) < 4.78 is 1.95. The van der Waals surface area contributed by atoms with Crippen LogP contribution >= 0.6 is 0 Å². The third kappa shape index (κ3) is 5.57. The van der Waals surface area contributed by atoms with E-state index in [-0.39, 0.29) is 11.9 Å². The summed E-state index contributed by atoms with van der Waals surface area (Å²) in [5.41, 5.74) is 2.01. The highest BCUT2D eigenvalue weighted by Gasteiger charge is 2.24. The van der Waals surface area contributed by atoms with E-state index in [9.17, 15) is 4.79 Å². The zero-order valence-corrected chi connectivity index (χ0v) is 19.9. The Hall–Kier alpha value is -3.26. The number of imidazole rings is 1. The van der Waals surface area contributed by atoms with Gasteiger partial charge in [0.2, 0.25) is 5.91 Å². The van der Waals surface area contributed by atoms with Crippen molar-refractivity contribution < 1.29 is 4.79 Å². The van der Waals surface area contributed by atoms with Crippen molar-refractivity contribution >= 4 is 11.7 Å². The number of benzene rings is 1. The van der Waals surface area contributed by atoms with Crippen LogP contribution in [-0.4, -0.2) is 63.0 Å². The first-order chi connectivity index (χ1) is 15.9. The van der Waals surface area contributed by atoms with Gasteiger partial charge in [0.25, 0.3) is 0 Å². The van der Waals surface area contributed by atoms with E-state index in [1.165, 1.54) is 0 Å². The molecule has 0 spiro atoms. The monoisotopic (exact) mass is 447 g/mol. The molecule has 0 bridgehead atoms. The molecule has 2 aromatic heterocycles. The van der Waals surface area contributed by atoms with E-state index in [1.54, 1.807) is 6.20 Å². The summed E-state index contributed by atoms with van der Waals surface area (Å²) in [6.45, 7) is 9.90. The Morgan fingerprint density at radius 2 is 1.82 bits per heavy atom. The van der Waals surface area contributed by atoms with Crippen molar-refractivity contribution in [3.63, 3.8) is 0 Å². The van der Waals surface area contributed by atoms with E-state index in [0.29, 0.717) is 12.5 Å². The number of piperazine rings is 1. The van der Waals surface area contributed by atoms with Crippen LogP contribution in [0.5, 0.6) is 0 Å². The average Bonchev–Trinajstić information content (AvgIpc) is 3.23. The molecular weight excluding hydrogens is 414 g/mol. The van der Waals surface area contributed by atoms with Crippen LogP contribution in [0.15, 0.2) is 48.8 Å². The summed E-state index contributed by atoms with van der Waals surface area (Å²) >= 11 is 0. The Balaban J connectivity index is 1.37. The number of hydrogen-bond donors (Lipinski definition) is 1. The van der Waals surface area contributed by atoms with Gasteiger partial charge in [0, 0.05) is 63.3 Å². The second-order valence-corrected chi connectivity index (χ2v) is 8.95. The van der Waals surface area contributed by atoms with Gasteiger partial charge in [-0.15, -0.1) is 0 Å². The summed E-state index contributed by atoms with van der Waals surface area (Å²) in [6.07, 6.45) is 3.66. The number of carbonyl (C=O) groups is 1. The third-order valence-corrected chi connectivity index (χ3v) is 5.99. The Bertz CT molecular complexity index is 1070. The minimum absolute atomic E-state index is 0.000257. The number of nitrogens with zero attached hydrogens (tertiary/aromatic N) is 6. The molecule has 4 rings (SSSR count). The number of aryl methyl sites for hydroxylation is 2. The zero-order valence-electron chi connectivity index (χ0n) is 19.9. The molecule has 1 N–H and O–H groups in total. The predicted molar refractivity (Wildman–Crippen MR) is 129 cm³/mol. The van der Waals surface area contributed by atoms with Gasteiger partial charge in [-0.05, 0) is 12.5 Å². The molecule has 1 fully saturated rings. The van der Waals surface area contributed by atoms with Gasteiger partial charge in [-0.2, -0.15) is 0 Å². The first-order valence-corrected chi connectivity index (χ1v) is 11.5. The molecule has 0 unspecified atom stereocenters. The van der Waals surface area contributed by atoms with Crippen molar-refractivity contribution in [2.24, 2.45) is 7.05 Å². The lowest BCUT2D eigenvalue weighted by Gasteiger charge is -2.35. The predicted octanol–water partition coefficient (Wildman–Crippen LogP) is 2.67. The van der Waals surface area contributed by atoms with Gasteiger partial charge in [0.15, 0.2) is 0 Å². The van der Waals surface area contributed by atoms with E-state index >= 15 is 0 Å². The molecular formula is C25H33N7O. The second-order valence-electron chi connectivity index (χ2n) is 8.95. The second kappa shape index (κ2) is 10.1. The Kier molecular flexibility index (Phi) is 7.03. The molecule has 1 atom stereocenters. The molecule has 3 aromatic rings. The van der Waals surface area contributed by atoms with Crippen LogP contribution in [-0.2, 0) is 11.8 Å². The van der Waals surface area contributed by atoms with Crippen LogP contribution in [0.1, 0.15) is 48.7 Å². The van der Waals surface area contributed by atoms with Crippen molar-refractivity contribution in [3.05, 3.63) is 71.7 Å². The quantitative estimate of drug-likeness (QED) is 0.600. The molecule has 174 valence electrons. The van der Waals surface area contributed by atoms with Gasteiger partial charge < -0.3 is 14.8 Å². The van der Waals surface area contributed by atoms with E-state index in [1.807, 2.05) is 61.1 Å². The fourth-order valence-electron chi connectivity index (χ4n) is 4.14. The van der Waals surface area contributed by atoms with Crippen molar-refractivity contribution in [1.29, 1.82) is 0 Å². The van der Waals surface area contributed by atoms with Gasteiger partial charge in [0.1, 0.15) is 23.5 Å². The Morgan fingerprint density at radius 1 is 1.09 bits per heavy atom. The lowest BCUT2D eigenvalue weighted by molar-refractivity contribution is -0.122. The maximum absolute atomic E-state index is 13.0. The molecule has 0 radical (unpaired) electrons. The third-order valence-electron chi connectivity index (χ3n) is 5.99. The fourth-order valence-corrected chi connectivity index (χ4v) is 4.14. The molecule has 33 heavy (non-hydrogen) atoms. The lowest BCUT2D eigenvalue weighted by atomic mass is 10.1. The topological polar surface area (TPSA) is 79.2 Å². The Morgan fingerprint density at radius 3 is 2.45 bits per heavy atom. The normalized spacial score (nSPS) is 15.6. The first kappa shape index (κ1) is 22.9. The molecule has 8 heteroatoms. The molecule has 1 saturated heterocycles. The largest absolute Gasteiger partial charge is 0.354 e. The summed E-state index contributed by atoms with van der Waals surface area (Å²) in [5, 5.41) is 3.20. The van der Waals surface area contributed by atoms with E-state index in [0.717, 1.165) is 54.9 Å². The summed E-state index contributed by atoms with van der Waals surface area (Å²) in [5.74, 6) is 2.98. The first-order valence-electron chi connectivity index (χ1n) is 11.5. The summed E-state index contributed by atoms with van der Waals surface area (Å²) in [4.78, 5) is 31.3. The molecule has 1 amide bonds. The van der Waals surface area contributed by atoms with Gasteiger partial charge in [-0.3, -0.25) is 9.69 Å². The number of hydrogen-bond acceptors (Lipinski definition) is 6. The van der Waals surface area contributed by atoms with Crippen molar-refractivity contribution in [2.45, 2.75) is 32.7 Å². The maximum Gasteiger partial charge on any atom is 0.235 e. The van der Waals surface area contributed by atoms with Crippen molar-refractivity contribution in [3.8, 4) is 0 Å². The van der Waals surface area contributed by atoms with Gasteiger partial charge in [-0.25, -0.2) is 15.0 Å². The molecule has 1 aliphatic heterocycles. The Labute approximate surface area is 195 Å². The van der Waals surface area contributed by atoms with Crippen molar-refractivity contribution in [2.75, 3.05) is 37.6 Å². The van der Waals surface area contributed by atoms with Gasteiger partial charge in [0.05, 0.1) is 6.54 Å². The molecule has 0 saturated carbocycles. The molecule has 1 aliphatic rings. The highest BCUT2D eigenvalue weighted by Crippen LogP contribution is 2.21. The SMILES string of the molecule is Cc1cc(N2CCN(CC(=O)N[C@@H](c3ccccc3)c3nccn3C)CC2)nc(C(C)C)n1. The molecule has 1 aromatic carbocycles. The average molecular weight is 448 g/mol. The highest BCUT2D eigenvalue weighted by molar-refractivity contribution is 5.79. The van der Waals surface area contributed by atoms with Crippen LogP contribution in [0.3, 0.4) is 0 Å². The number of nitrogens with one attached hydrogen (secondary N) is 1. The molecule has 8 nitrogen and oxygen atoms in total. The number of anilines is 1. The van der Waals surface area contributed by atoms with E-state index in [4.69, 9.17) is 4.98 Å². The molecule has 3 heterocycles. The lowest BCUT2D eigenvalue weighted by Crippen LogP contribution is -2.50. The minimum atomic E-state index is -0.279. The summed E-state index contributed by atoms with van der Waals surface area (Å²) in [6, 6.07) is 11.8. The maximum atomic E-state index is 13.0. The zero-order chi connectivity index (χ0) is 23.4. The molecule has 0 aliphatic carbocycles. The van der Waals surface area contributed by atoms with Gasteiger partial charge in [-0.1, -0.05) is 44.2 Å². The van der Waals surface area contributed by atoms with Gasteiger partial charge >= 0.3 is 0 Å². The number of carbonyl (C=O) groups excluding carboxylic acids is 1.